The Balaban J connectivity index is 2.12. The Hall–Kier alpha value is -0.380. The van der Waals surface area contributed by atoms with E-state index >= 15 is 0 Å². The summed E-state index contributed by atoms with van der Waals surface area (Å²) in [5.41, 5.74) is 0. The zero-order valence-electron chi connectivity index (χ0n) is 6.35. The monoisotopic (exact) mass is 155 g/mol. The highest BCUT2D eigenvalue weighted by Gasteiger charge is 2.39. The van der Waals surface area contributed by atoms with Crippen LogP contribution in [0.15, 0.2) is 12.2 Å². The number of hydrogen-bond acceptors (Lipinski definition) is 3. The van der Waals surface area contributed by atoms with Gasteiger partial charge < -0.3 is 10.2 Å². The lowest BCUT2D eigenvalue weighted by Crippen LogP contribution is -2.37. The smallest absolute Gasteiger partial charge is 0.0969 e. The molecular weight excluding hydrogens is 142 g/mol. The Morgan fingerprint density at radius 3 is 2.82 bits per heavy atom. The maximum absolute atomic E-state index is 9.47. The van der Waals surface area contributed by atoms with Crippen molar-refractivity contribution in [2.24, 2.45) is 0 Å². The Kier molecular flexibility index (Phi) is 1.71. The molecule has 11 heavy (non-hydrogen) atoms. The summed E-state index contributed by atoms with van der Waals surface area (Å²) in [4.78, 5) is 2.12. The molecular formula is C8H13NO2. The largest absolute Gasteiger partial charge is 0.389 e. The molecule has 1 fully saturated rings. The van der Waals surface area contributed by atoms with E-state index in [0.29, 0.717) is 6.54 Å². The normalized spacial score (nSPS) is 44.4. The first-order chi connectivity index (χ1) is 5.29. The van der Waals surface area contributed by atoms with E-state index in [1.807, 2.05) is 0 Å². The topological polar surface area (TPSA) is 43.7 Å². The number of hydrogen-bond donors (Lipinski definition) is 2. The van der Waals surface area contributed by atoms with Crippen LogP contribution in [0.4, 0.5) is 0 Å². The van der Waals surface area contributed by atoms with Crippen molar-refractivity contribution in [1.82, 2.24) is 4.90 Å². The molecule has 2 aliphatic heterocycles. The lowest BCUT2D eigenvalue weighted by atomic mass is 10.1. The second kappa shape index (κ2) is 2.59. The fourth-order valence-electron chi connectivity index (χ4n) is 1.90. The molecule has 0 spiro atoms. The van der Waals surface area contributed by atoms with Gasteiger partial charge in [0, 0.05) is 19.1 Å². The number of rotatable bonds is 0. The summed E-state index contributed by atoms with van der Waals surface area (Å²) in [6.45, 7) is 1.50. The first-order valence-electron chi connectivity index (χ1n) is 4.04. The highest BCUT2D eigenvalue weighted by Crippen LogP contribution is 2.23. The van der Waals surface area contributed by atoms with Gasteiger partial charge in [-0.05, 0) is 6.42 Å². The van der Waals surface area contributed by atoms with Gasteiger partial charge in [-0.3, -0.25) is 4.90 Å². The number of aliphatic hydroxyl groups is 2. The molecule has 2 aliphatic rings. The van der Waals surface area contributed by atoms with Gasteiger partial charge in [0.15, 0.2) is 0 Å². The molecule has 2 heterocycles. The first-order valence-corrected chi connectivity index (χ1v) is 4.04. The quantitative estimate of drug-likeness (QED) is 0.457. The van der Waals surface area contributed by atoms with Gasteiger partial charge >= 0.3 is 0 Å². The fraction of sp³-hybridized carbons (Fsp3) is 0.750. The molecule has 0 aliphatic carbocycles. The van der Waals surface area contributed by atoms with Crippen molar-refractivity contribution in [2.45, 2.75) is 24.7 Å². The van der Waals surface area contributed by atoms with E-state index in [9.17, 15) is 10.2 Å². The summed E-state index contributed by atoms with van der Waals surface area (Å²) in [6.07, 6.45) is 3.95. The van der Waals surface area contributed by atoms with Crippen molar-refractivity contribution in [3.8, 4) is 0 Å². The lowest BCUT2D eigenvalue weighted by molar-refractivity contribution is 0.0380. The maximum atomic E-state index is 9.47. The van der Waals surface area contributed by atoms with Crippen LogP contribution in [-0.2, 0) is 0 Å². The molecule has 0 radical (unpaired) electrons. The third-order valence-electron chi connectivity index (χ3n) is 2.56. The highest BCUT2D eigenvalue weighted by molar-refractivity contribution is 5.04. The average molecular weight is 155 g/mol. The van der Waals surface area contributed by atoms with Crippen molar-refractivity contribution >= 4 is 0 Å². The number of nitrogens with zero attached hydrogens (tertiary/aromatic N) is 1. The van der Waals surface area contributed by atoms with Crippen LogP contribution >= 0.6 is 0 Å². The molecule has 0 aromatic carbocycles. The third-order valence-corrected chi connectivity index (χ3v) is 2.56. The predicted molar refractivity (Wildman–Crippen MR) is 41.1 cm³/mol. The summed E-state index contributed by atoms with van der Waals surface area (Å²) >= 11 is 0. The Morgan fingerprint density at radius 2 is 2.09 bits per heavy atom. The van der Waals surface area contributed by atoms with Crippen LogP contribution in [-0.4, -0.2) is 46.5 Å². The second-order valence-corrected chi connectivity index (χ2v) is 3.29. The van der Waals surface area contributed by atoms with Crippen LogP contribution < -0.4 is 0 Å². The maximum Gasteiger partial charge on any atom is 0.0969 e. The summed E-state index contributed by atoms with van der Waals surface area (Å²) in [6, 6.07) is 0.162. The van der Waals surface area contributed by atoms with E-state index < -0.39 is 12.2 Å². The molecule has 62 valence electrons. The Morgan fingerprint density at radius 1 is 1.27 bits per heavy atom. The van der Waals surface area contributed by atoms with Crippen LogP contribution in [0.25, 0.3) is 0 Å². The van der Waals surface area contributed by atoms with E-state index in [2.05, 4.69) is 17.1 Å². The molecule has 0 unspecified atom stereocenters. The minimum Gasteiger partial charge on any atom is -0.389 e. The van der Waals surface area contributed by atoms with E-state index in [1.54, 1.807) is 0 Å². The molecule has 0 aromatic rings. The van der Waals surface area contributed by atoms with Crippen molar-refractivity contribution in [2.75, 3.05) is 13.1 Å². The zero-order chi connectivity index (χ0) is 7.84. The summed E-state index contributed by atoms with van der Waals surface area (Å²) in [5, 5.41) is 18.8. The van der Waals surface area contributed by atoms with Crippen molar-refractivity contribution in [3.05, 3.63) is 12.2 Å². The standard InChI is InChI=1S/C8H13NO2/c10-7-5-9-4-2-1-3-6(9)8(7)11/h1-2,6-8,10-11H,3-5H2/t6-,7-,8-/m0/s1. The second-order valence-electron chi connectivity index (χ2n) is 3.29. The van der Waals surface area contributed by atoms with Gasteiger partial charge in [0.1, 0.15) is 0 Å². The van der Waals surface area contributed by atoms with Crippen LogP contribution in [0.5, 0.6) is 0 Å². The highest BCUT2D eigenvalue weighted by atomic mass is 16.3. The van der Waals surface area contributed by atoms with Gasteiger partial charge in [0.05, 0.1) is 12.2 Å². The molecule has 0 amide bonds. The minimum absolute atomic E-state index is 0.162. The van der Waals surface area contributed by atoms with Crippen LogP contribution in [0.1, 0.15) is 6.42 Å². The van der Waals surface area contributed by atoms with Gasteiger partial charge in [0.25, 0.3) is 0 Å². The molecule has 2 rings (SSSR count). The van der Waals surface area contributed by atoms with Crippen LogP contribution in [0.2, 0.25) is 0 Å². The van der Waals surface area contributed by atoms with Gasteiger partial charge in [-0.1, -0.05) is 12.2 Å². The summed E-state index contributed by atoms with van der Waals surface area (Å²) in [5.74, 6) is 0. The van der Waals surface area contributed by atoms with Gasteiger partial charge in [-0.15, -0.1) is 0 Å². The van der Waals surface area contributed by atoms with Crippen LogP contribution in [0, 0.1) is 0 Å². The average Bonchev–Trinajstić information content (AvgIpc) is 2.30. The lowest BCUT2D eigenvalue weighted by Gasteiger charge is -2.26. The molecule has 1 saturated heterocycles. The molecule has 0 bridgehead atoms. The number of fused-ring (bicyclic) bond motifs is 1. The zero-order valence-corrected chi connectivity index (χ0v) is 6.35. The van der Waals surface area contributed by atoms with Crippen molar-refractivity contribution in [3.63, 3.8) is 0 Å². The number of aliphatic hydroxyl groups excluding tert-OH is 2. The Bertz CT molecular complexity index is 181. The van der Waals surface area contributed by atoms with E-state index in [4.69, 9.17) is 0 Å². The molecule has 3 atom stereocenters. The van der Waals surface area contributed by atoms with Crippen molar-refractivity contribution < 1.29 is 10.2 Å². The molecule has 3 nitrogen and oxygen atoms in total. The third kappa shape index (κ3) is 1.09. The van der Waals surface area contributed by atoms with Crippen LogP contribution in [0.3, 0.4) is 0 Å². The van der Waals surface area contributed by atoms with E-state index in [-0.39, 0.29) is 6.04 Å². The predicted octanol–water partition coefficient (Wildman–Crippen LogP) is -0.648. The summed E-state index contributed by atoms with van der Waals surface area (Å²) in [7, 11) is 0. The molecule has 2 N–H and O–H groups in total. The minimum atomic E-state index is -0.542. The molecule has 0 aromatic heterocycles. The van der Waals surface area contributed by atoms with Gasteiger partial charge in [-0.2, -0.15) is 0 Å². The molecule has 3 heteroatoms. The van der Waals surface area contributed by atoms with Crippen molar-refractivity contribution in [1.29, 1.82) is 0 Å². The Labute approximate surface area is 65.9 Å². The van der Waals surface area contributed by atoms with E-state index in [0.717, 1.165) is 13.0 Å². The van der Waals surface area contributed by atoms with Gasteiger partial charge in [0.2, 0.25) is 0 Å². The summed E-state index contributed by atoms with van der Waals surface area (Å²) < 4.78 is 0. The van der Waals surface area contributed by atoms with E-state index in [1.165, 1.54) is 0 Å². The first kappa shape index (κ1) is 7.28. The fourth-order valence-corrected chi connectivity index (χ4v) is 1.90. The SMILES string of the molecule is O[C@@H]1[C@@H](O)CN2CC=CC[C@@H]12. The molecule has 0 saturated carbocycles. The van der Waals surface area contributed by atoms with Gasteiger partial charge in [-0.25, -0.2) is 0 Å².